The number of carbonyl (C=O) groups is 1. The zero-order chi connectivity index (χ0) is 10.6. The summed E-state index contributed by atoms with van der Waals surface area (Å²) < 4.78 is 4.55. The standard InChI is InChI=1S/C10H9NO3/c1-7-3-8(10(13)14-2)5-9(4-7)11-6-12/h3-5H,1-2H3. The summed E-state index contributed by atoms with van der Waals surface area (Å²) in [6.45, 7) is 1.80. The van der Waals surface area contributed by atoms with E-state index in [4.69, 9.17) is 0 Å². The Morgan fingerprint density at radius 1 is 1.43 bits per heavy atom. The molecular formula is C10H9NO3. The molecule has 0 radical (unpaired) electrons. The molecule has 0 unspecified atom stereocenters. The van der Waals surface area contributed by atoms with Crippen LogP contribution >= 0.6 is 0 Å². The van der Waals surface area contributed by atoms with E-state index in [0.717, 1.165) is 5.56 Å². The molecule has 0 bridgehead atoms. The van der Waals surface area contributed by atoms with Crippen molar-refractivity contribution in [2.24, 2.45) is 4.99 Å². The van der Waals surface area contributed by atoms with E-state index in [1.54, 1.807) is 19.1 Å². The average molecular weight is 191 g/mol. The lowest BCUT2D eigenvalue weighted by atomic mass is 10.1. The van der Waals surface area contributed by atoms with Gasteiger partial charge in [0.15, 0.2) is 0 Å². The molecule has 0 fully saturated rings. The Hall–Kier alpha value is -1.93. The molecule has 14 heavy (non-hydrogen) atoms. The fourth-order valence-electron chi connectivity index (χ4n) is 1.12. The van der Waals surface area contributed by atoms with Gasteiger partial charge >= 0.3 is 5.97 Å². The molecule has 1 aromatic rings. The van der Waals surface area contributed by atoms with Crippen LogP contribution in [0.4, 0.5) is 5.69 Å². The second-order valence-electron chi connectivity index (χ2n) is 2.75. The molecular weight excluding hydrogens is 182 g/mol. The molecule has 0 heterocycles. The maximum absolute atomic E-state index is 11.2. The SMILES string of the molecule is COC(=O)c1cc(C)cc(N=C=O)c1. The minimum atomic E-state index is -0.448. The van der Waals surface area contributed by atoms with Crippen LogP contribution in [0.3, 0.4) is 0 Å². The van der Waals surface area contributed by atoms with Gasteiger partial charge in [-0.05, 0) is 30.7 Å². The summed E-state index contributed by atoms with van der Waals surface area (Å²) >= 11 is 0. The third-order valence-electron chi connectivity index (χ3n) is 1.66. The van der Waals surface area contributed by atoms with E-state index in [9.17, 15) is 9.59 Å². The van der Waals surface area contributed by atoms with E-state index >= 15 is 0 Å². The number of hydrogen-bond acceptors (Lipinski definition) is 4. The summed E-state index contributed by atoms with van der Waals surface area (Å²) in [5.41, 5.74) is 1.61. The largest absolute Gasteiger partial charge is 0.465 e. The van der Waals surface area contributed by atoms with Gasteiger partial charge in [0.05, 0.1) is 18.4 Å². The molecule has 0 N–H and O–H groups in total. The van der Waals surface area contributed by atoms with E-state index in [2.05, 4.69) is 9.73 Å². The van der Waals surface area contributed by atoms with E-state index in [0.29, 0.717) is 11.3 Å². The van der Waals surface area contributed by atoms with Crippen molar-refractivity contribution in [3.63, 3.8) is 0 Å². The first kappa shape index (κ1) is 10.2. The Kier molecular flexibility index (Phi) is 3.15. The molecule has 0 atom stereocenters. The first-order chi connectivity index (χ1) is 6.67. The molecule has 0 saturated carbocycles. The van der Waals surface area contributed by atoms with E-state index in [1.165, 1.54) is 19.3 Å². The molecule has 1 aromatic carbocycles. The maximum atomic E-state index is 11.2. The normalized spacial score (nSPS) is 9.00. The zero-order valence-electron chi connectivity index (χ0n) is 7.90. The number of carbonyl (C=O) groups excluding carboxylic acids is 2. The number of esters is 1. The van der Waals surface area contributed by atoms with Crippen LogP contribution < -0.4 is 0 Å². The Morgan fingerprint density at radius 2 is 2.14 bits per heavy atom. The predicted octanol–water partition coefficient (Wildman–Crippen LogP) is 1.75. The van der Waals surface area contributed by atoms with Crippen LogP contribution in [-0.2, 0) is 9.53 Å². The monoisotopic (exact) mass is 191 g/mol. The average Bonchev–Trinajstić information content (AvgIpc) is 2.16. The van der Waals surface area contributed by atoms with E-state index in [1.807, 2.05) is 0 Å². The number of ether oxygens (including phenoxy) is 1. The minimum Gasteiger partial charge on any atom is -0.465 e. The maximum Gasteiger partial charge on any atom is 0.337 e. The number of benzene rings is 1. The molecule has 1 rings (SSSR count). The molecule has 4 heteroatoms. The second kappa shape index (κ2) is 4.35. The Bertz CT molecular complexity index is 406. The van der Waals surface area contributed by atoms with Gasteiger partial charge in [0.25, 0.3) is 0 Å². The van der Waals surface area contributed by atoms with Crippen LogP contribution in [0.1, 0.15) is 15.9 Å². The molecule has 0 aromatic heterocycles. The van der Waals surface area contributed by atoms with Crippen LogP contribution in [-0.4, -0.2) is 19.2 Å². The van der Waals surface area contributed by atoms with Crippen LogP contribution in [0.5, 0.6) is 0 Å². The third kappa shape index (κ3) is 2.28. The highest BCUT2D eigenvalue weighted by Crippen LogP contribution is 2.17. The van der Waals surface area contributed by atoms with Crippen molar-refractivity contribution in [1.29, 1.82) is 0 Å². The van der Waals surface area contributed by atoms with Crippen LogP contribution in [0, 0.1) is 6.92 Å². The molecule has 0 amide bonds. The minimum absolute atomic E-state index is 0.376. The van der Waals surface area contributed by atoms with Crippen molar-refractivity contribution >= 4 is 17.7 Å². The Morgan fingerprint density at radius 3 is 2.71 bits per heavy atom. The summed E-state index contributed by atoms with van der Waals surface area (Å²) in [5.74, 6) is -0.448. The quantitative estimate of drug-likeness (QED) is 0.406. The Balaban J connectivity index is 3.19. The van der Waals surface area contributed by atoms with Crippen molar-refractivity contribution < 1.29 is 14.3 Å². The highest BCUT2D eigenvalue weighted by atomic mass is 16.5. The molecule has 72 valence electrons. The summed E-state index contributed by atoms with van der Waals surface area (Å²) in [6.07, 6.45) is 1.42. The van der Waals surface area contributed by atoms with E-state index < -0.39 is 5.97 Å². The number of methoxy groups -OCH3 is 1. The van der Waals surface area contributed by atoms with E-state index in [-0.39, 0.29) is 0 Å². The molecule has 0 aliphatic heterocycles. The summed E-state index contributed by atoms with van der Waals surface area (Å²) in [4.78, 5) is 24.6. The number of hydrogen-bond donors (Lipinski definition) is 0. The van der Waals surface area contributed by atoms with Gasteiger partial charge in [-0.1, -0.05) is 0 Å². The topological polar surface area (TPSA) is 55.7 Å². The number of rotatable bonds is 2. The summed E-state index contributed by atoms with van der Waals surface area (Å²) in [5, 5.41) is 0. The highest BCUT2D eigenvalue weighted by Gasteiger charge is 2.06. The lowest BCUT2D eigenvalue weighted by molar-refractivity contribution is 0.0600. The van der Waals surface area contributed by atoms with Crippen LogP contribution in [0.2, 0.25) is 0 Å². The fraction of sp³-hybridized carbons (Fsp3) is 0.200. The van der Waals surface area contributed by atoms with Gasteiger partial charge in [-0.15, -0.1) is 0 Å². The van der Waals surface area contributed by atoms with Crippen molar-refractivity contribution in [3.8, 4) is 0 Å². The van der Waals surface area contributed by atoms with Crippen molar-refractivity contribution in [2.45, 2.75) is 6.92 Å². The third-order valence-corrected chi connectivity index (χ3v) is 1.66. The smallest absolute Gasteiger partial charge is 0.337 e. The van der Waals surface area contributed by atoms with Gasteiger partial charge in [-0.2, -0.15) is 4.99 Å². The molecule has 0 spiro atoms. The van der Waals surface area contributed by atoms with Gasteiger partial charge in [-0.3, -0.25) is 0 Å². The summed E-state index contributed by atoms with van der Waals surface area (Å²) in [7, 11) is 1.30. The first-order valence-corrected chi connectivity index (χ1v) is 3.95. The lowest BCUT2D eigenvalue weighted by Gasteiger charge is -2.01. The van der Waals surface area contributed by atoms with Crippen molar-refractivity contribution in [2.75, 3.05) is 7.11 Å². The first-order valence-electron chi connectivity index (χ1n) is 3.95. The van der Waals surface area contributed by atoms with Crippen LogP contribution in [0.25, 0.3) is 0 Å². The fourth-order valence-corrected chi connectivity index (χ4v) is 1.12. The number of isocyanates is 1. The molecule has 4 nitrogen and oxygen atoms in total. The van der Waals surface area contributed by atoms with Gasteiger partial charge < -0.3 is 4.74 Å². The second-order valence-corrected chi connectivity index (χ2v) is 2.75. The number of aliphatic imine (C=N–C) groups is 1. The molecule has 0 saturated heterocycles. The van der Waals surface area contributed by atoms with Gasteiger partial charge in [0, 0.05) is 0 Å². The number of nitrogens with zero attached hydrogens (tertiary/aromatic N) is 1. The van der Waals surface area contributed by atoms with Gasteiger partial charge in [-0.25, -0.2) is 9.59 Å². The zero-order valence-corrected chi connectivity index (χ0v) is 7.90. The predicted molar refractivity (Wildman–Crippen MR) is 50.3 cm³/mol. The molecule has 0 aliphatic carbocycles. The lowest BCUT2D eigenvalue weighted by Crippen LogP contribution is -2.00. The van der Waals surface area contributed by atoms with Crippen LogP contribution in [0.15, 0.2) is 23.2 Å². The van der Waals surface area contributed by atoms with Crippen molar-refractivity contribution in [1.82, 2.24) is 0 Å². The Labute approximate surface area is 81.2 Å². The van der Waals surface area contributed by atoms with Gasteiger partial charge in [0.1, 0.15) is 0 Å². The van der Waals surface area contributed by atoms with Crippen molar-refractivity contribution in [3.05, 3.63) is 29.3 Å². The highest BCUT2D eigenvalue weighted by molar-refractivity contribution is 5.90. The number of aryl methyl sites for hydroxylation is 1. The van der Waals surface area contributed by atoms with Gasteiger partial charge in [0.2, 0.25) is 6.08 Å². The summed E-state index contributed by atoms with van der Waals surface area (Å²) in [6, 6.07) is 4.82. The molecule has 0 aliphatic rings.